The molecule has 0 spiro atoms. The molecule has 3 heterocycles. The fraction of sp³-hybridized carbons (Fsp3) is 0.667. The van der Waals surface area contributed by atoms with E-state index in [-0.39, 0.29) is 24.0 Å². The fourth-order valence-electron chi connectivity index (χ4n) is 3.20. The summed E-state index contributed by atoms with van der Waals surface area (Å²) in [4.78, 5) is 13.5. The van der Waals surface area contributed by atoms with Crippen molar-refractivity contribution in [2.75, 3.05) is 58.3 Å². The Morgan fingerprint density at radius 3 is 2.81 bits per heavy atom. The molecule has 2 fully saturated rings. The van der Waals surface area contributed by atoms with Crippen molar-refractivity contribution >= 4 is 35.8 Å². The molecular weight excluding hydrogens is 443 g/mol. The van der Waals surface area contributed by atoms with Gasteiger partial charge >= 0.3 is 0 Å². The van der Waals surface area contributed by atoms with Crippen LogP contribution in [0.1, 0.15) is 18.4 Å². The van der Waals surface area contributed by atoms with E-state index in [1.54, 1.807) is 7.05 Å². The Bertz CT molecular complexity index is 571. The molecule has 8 heteroatoms. The molecule has 2 aliphatic heterocycles. The molecule has 2 saturated heterocycles. The van der Waals surface area contributed by atoms with Gasteiger partial charge < -0.3 is 25.2 Å². The van der Waals surface area contributed by atoms with Gasteiger partial charge in [-0.2, -0.15) is 0 Å². The molecule has 1 unspecified atom stereocenters. The van der Waals surface area contributed by atoms with Crippen molar-refractivity contribution in [1.82, 2.24) is 20.5 Å². The van der Waals surface area contributed by atoms with Crippen molar-refractivity contribution in [3.63, 3.8) is 0 Å². The van der Waals surface area contributed by atoms with Crippen LogP contribution >= 0.6 is 24.0 Å². The molecule has 1 aromatic heterocycles. The van der Waals surface area contributed by atoms with Crippen LogP contribution in [-0.2, 0) is 11.3 Å². The standard InChI is InChI=1S/C18H30N6O.HI/c1-19-18(22-14-16-4-3-11-25-16)21-13-15-5-6-20-17(12-15)24-9-7-23(2)8-10-24;/h5-6,12,16H,3-4,7-11,13-14H2,1-2H3,(H2,19,21,22);1H. The second-order valence-corrected chi connectivity index (χ2v) is 6.75. The van der Waals surface area contributed by atoms with Crippen LogP contribution in [0, 0.1) is 0 Å². The van der Waals surface area contributed by atoms with E-state index in [1.807, 2.05) is 6.20 Å². The lowest BCUT2D eigenvalue weighted by atomic mass is 10.2. The number of guanidine groups is 1. The Morgan fingerprint density at radius 1 is 1.31 bits per heavy atom. The molecule has 0 bridgehead atoms. The monoisotopic (exact) mass is 474 g/mol. The third kappa shape index (κ3) is 6.24. The number of nitrogens with one attached hydrogen (secondary N) is 2. The highest BCUT2D eigenvalue weighted by atomic mass is 127. The summed E-state index contributed by atoms with van der Waals surface area (Å²) in [6.45, 7) is 6.66. The molecule has 1 atom stereocenters. The zero-order chi connectivity index (χ0) is 17.5. The molecular formula is C18H31IN6O. The summed E-state index contributed by atoms with van der Waals surface area (Å²) in [6.07, 6.45) is 4.49. The molecule has 7 nitrogen and oxygen atoms in total. The number of anilines is 1. The van der Waals surface area contributed by atoms with Gasteiger partial charge in [-0.05, 0) is 37.6 Å². The van der Waals surface area contributed by atoms with E-state index in [0.717, 1.165) is 70.5 Å². The van der Waals surface area contributed by atoms with E-state index in [0.29, 0.717) is 6.10 Å². The van der Waals surface area contributed by atoms with Crippen molar-refractivity contribution in [3.05, 3.63) is 23.9 Å². The number of hydrogen-bond acceptors (Lipinski definition) is 5. The van der Waals surface area contributed by atoms with E-state index < -0.39 is 0 Å². The average molecular weight is 474 g/mol. The minimum atomic E-state index is 0. The molecule has 0 saturated carbocycles. The van der Waals surface area contributed by atoms with Crippen LogP contribution in [0.3, 0.4) is 0 Å². The quantitative estimate of drug-likeness (QED) is 0.381. The molecule has 0 aromatic carbocycles. The Labute approximate surface area is 173 Å². The van der Waals surface area contributed by atoms with Crippen LogP contribution < -0.4 is 15.5 Å². The van der Waals surface area contributed by atoms with Gasteiger partial charge in [-0.25, -0.2) is 4.98 Å². The van der Waals surface area contributed by atoms with Gasteiger partial charge in [0, 0.05) is 59.1 Å². The highest BCUT2D eigenvalue weighted by Gasteiger charge is 2.16. The smallest absolute Gasteiger partial charge is 0.191 e. The van der Waals surface area contributed by atoms with E-state index in [9.17, 15) is 0 Å². The number of likely N-dealkylation sites (N-methyl/N-ethyl adjacent to an activating group) is 1. The van der Waals surface area contributed by atoms with Crippen molar-refractivity contribution in [2.45, 2.75) is 25.5 Å². The second kappa shape index (κ2) is 10.9. The number of aromatic nitrogens is 1. The van der Waals surface area contributed by atoms with Gasteiger partial charge in [0.25, 0.3) is 0 Å². The Hall–Kier alpha value is -1.13. The van der Waals surface area contributed by atoms with Gasteiger partial charge in [0.05, 0.1) is 6.10 Å². The zero-order valence-electron chi connectivity index (χ0n) is 15.8. The minimum absolute atomic E-state index is 0. The number of hydrogen-bond donors (Lipinski definition) is 2. The Morgan fingerprint density at radius 2 is 2.12 bits per heavy atom. The molecule has 0 aliphatic carbocycles. The molecule has 2 N–H and O–H groups in total. The van der Waals surface area contributed by atoms with Crippen LogP contribution in [0.2, 0.25) is 0 Å². The lowest BCUT2D eigenvalue weighted by Gasteiger charge is -2.33. The topological polar surface area (TPSA) is 65.0 Å². The van der Waals surface area contributed by atoms with Gasteiger partial charge in [0.1, 0.15) is 5.82 Å². The lowest BCUT2D eigenvalue weighted by Crippen LogP contribution is -2.44. The predicted octanol–water partition coefficient (Wildman–Crippen LogP) is 1.30. The number of ether oxygens (including phenoxy) is 1. The predicted molar refractivity (Wildman–Crippen MR) is 117 cm³/mol. The van der Waals surface area contributed by atoms with Crippen LogP contribution in [0.25, 0.3) is 0 Å². The van der Waals surface area contributed by atoms with Crippen LogP contribution in [0.4, 0.5) is 5.82 Å². The zero-order valence-corrected chi connectivity index (χ0v) is 18.1. The summed E-state index contributed by atoms with van der Waals surface area (Å²) in [6, 6.07) is 4.23. The van der Waals surface area contributed by atoms with Crippen molar-refractivity contribution in [2.24, 2.45) is 4.99 Å². The maximum absolute atomic E-state index is 5.64. The van der Waals surface area contributed by atoms with Crippen molar-refractivity contribution in [3.8, 4) is 0 Å². The van der Waals surface area contributed by atoms with Crippen molar-refractivity contribution < 1.29 is 4.74 Å². The summed E-state index contributed by atoms with van der Waals surface area (Å²) >= 11 is 0. The van der Waals surface area contributed by atoms with Crippen LogP contribution in [0.5, 0.6) is 0 Å². The van der Waals surface area contributed by atoms with Crippen LogP contribution in [-0.4, -0.2) is 75.4 Å². The van der Waals surface area contributed by atoms with E-state index in [1.165, 1.54) is 5.56 Å². The number of rotatable bonds is 5. The van der Waals surface area contributed by atoms with E-state index >= 15 is 0 Å². The van der Waals surface area contributed by atoms with Gasteiger partial charge in [-0.3, -0.25) is 4.99 Å². The van der Waals surface area contributed by atoms with Gasteiger partial charge in [0.15, 0.2) is 5.96 Å². The van der Waals surface area contributed by atoms with Crippen LogP contribution in [0.15, 0.2) is 23.3 Å². The number of halogens is 1. The number of piperazine rings is 1. The third-order valence-electron chi connectivity index (χ3n) is 4.84. The Kier molecular flexibility index (Phi) is 8.86. The molecule has 3 rings (SSSR count). The van der Waals surface area contributed by atoms with Gasteiger partial charge in [-0.1, -0.05) is 0 Å². The number of nitrogens with zero attached hydrogens (tertiary/aromatic N) is 4. The average Bonchev–Trinajstić information content (AvgIpc) is 3.16. The summed E-state index contributed by atoms with van der Waals surface area (Å²) in [5.41, 5.74) is 1.21. The third-order valence-corrected chi connectivity index (χ3v) is 4.84. The highest BCUT2D eigenvalue weighted by Crippen LogP contribution is 2.14. The summed E-state index contributed by atoms with van der Waals surface area (Å²) < 4.78 is 5.64. The normalized spacial score (nSPS) is 21.4. The first-order valence-electron chi connectivity index (χ1n) is 9.19. The van der Waals surface area contributed by atoms with E-state index in [4.69, 9.17) is 4.74 Å². The molecule has 0 radical (unpaired) electrons. The fourth-order valence-corrected chi connectivity index (χ4v) is 3.20. The molecule has 26 heavy (non-hydrogen) atoms. The first-order chi connectivity index (χ1) is 12.2. The molecule has 1 aromatic rings. The van der Waals surface area contributed by atoms with Gasteiger partial charge in [0.2, 0.25) is 0 Å². The van der Waals surface area contributed by atoms with E-state index in [2.05, 4.69) is 49.6 Å². The highest BCUT2D eigenvalue weighted by molar-refractivity contribution is 14.0. The lowest BCUT2D eigenvalue weighted by molar-refractivity contribution is 0.114. The van der Waals surface area contributed by atoms with Crippen molar-refractivity contribution in [1.29, 1.82) is 0 Å². The molecule has 2 aliphatic rings. The maximum atomic E-state index is 5.64. The molecule has 0 amide bonds. The maximum Gasteiger partial charge on any atom is 0.191 e. The Balaban J connectivity index is 0.00000243. The largest absolute Gasteiger partial charge is 0.376 e. The minimum Gasteiger partial charge on any atom is -0.376 e. The summed E-state index contributed by atoms with van der Waals surface area (Å²) in [5.74, 6) is 1.88. The number of pyridine rings is 1. The molecule has 146 valence electrons. The summed E-state index contributed by atoms with van der Waals surface area (Å²) in [5, 5.41) is 6.72. The van der Waals surface area contributed by atoms with Gasteiger partial charge in [-0.15, -0.1) is 24.0 Å². The first-order valence-corrected chi connectivity index (χ1v) is 9.19. The first kappa shape index (κ1) is 21.2. The SMILES string of the molecule is CN=C(NCc1ccnc(N2CCN(C)CC2)c1)NCC1CCCO1.I. The summed E-state index contributed by atoms with van der Waals surface area (Å²) in [7, 11) is 3.97. The second-order valence-electron chi connectivity index (χ2n) is 6.75. The number of aliphatic imine (C=N–C) groups is 1.